The van der Waals surface area contributed by atoms with Crippen LogP contribution in [0.4, 0.5) is 0 Å². The normalized spacial score (nSPS) is 14.4. The molecule has 0 unspecified atom stereocenters. The van der Waals surface area contributed by atoms with Crippen molar-refractivity contribution in [3.05, 3.63) is 42.0 Å². The standard InChI is InChI=1S/C17H21N5O3/c1-25-14-5-3-2-4-13(14)6-7-15(23)21-8-10-22(11-9-21)17(24)16-18-12-19-20-16/h2-5,12H,6-11H2,1H3,(H,18,19,20). The smallest absolute Gasteiger partial charge is 0.291 e. The fourth-order valence-corrected chi connectivity index (χ4v) is 2.93. The third-order valence-corrected chi connectivity index (χ3v) is 4.34. The Hall–Kier alpha value is -2.90. The summed E-state index contributed by atoms with van der Waals surface area (Å²) in [6.45, 7) is 2.06. The first-order valence-corrected chi connectivity index (χ1v) is 8.23. The van der Waals surface area contributed by atoms with Gasteiger partial charge in [-0.05, 0) is 18.1 Å². The lowest BCUT2D eigenvalue weighted by Crippen LogP contribution is -2.50. The number of rotatable bonds is 5. The fraction of sp³-hybridized carbons (Fsp3) is 0.412. The van der Waals surface area contributed by atoms with E-state index in [4.69, 9.17) is 4.74 Å². The Labute approximate surface area is 145 Å². The molecular weight excluding hydrogens is 322 g/mol. The second-order valence-electron chi connectivity index (χ2n) is 5.82. The summed E-state index contributed by atoms with van der Waals surface area (Å²) >= 11 is 0. The van der Waals surface area contributed by atoms with Crippen LogP contribution in [-0.4, -0.2) is 70.1 Å². The van der Waals surface area contributed by atoms with Crippen LogP contribution in [0.3, 0.4) is 0 Å². The van der Waals surface area contributed by atoms with E-state index < -0.39 is 0 Å². The lowest BCUT2D eigenvalue weighted by atomic mass is 10.1. The van der Waals surface area contributed by atoms with Gasteiger partial charge in [0.2, 0.25) is 11.7 Å². The zero-order valence-corrected chi connectivity index (χ0v) is 14.1. The van der Waals surface area contributed by atoms with Gasteiger partial charge in [0.1, 0.15) is 12.1 Å². The lowest BCUT2D eigenvalue weighted by Gasteiger charge is -2.34. The number of nitrogens with one attached hydrogen (secondary N) is 1. The van der Waals surface area contributed by atoms with Gasteiger partial charge in [0.25, 0.3) is 5.91 Å². The van der Waals surface area contributed by atoms with E-state index in [1.807, 2.05) is 24.3 Å². The van der Waals surface area contributed by atoms with Crippen LogP contribution in [0.25, 0.3) is 0 Å². The summed E-state index contributed by atoms with van der Waals surface area (Å²) in [5, 5.41) is 6.26. The summed E-state index contributed by atoms with van der Waals surface area (Å²) in [4.78, 5) is 32.0. The summed E-state index contributed by atoms with van der Waals surface area (Å²) in [5.74, 6) is 0.949. The van der Waals surface area contributed by atoms with Crippen LogP contribution in [0.1, 0.15) is 22.6 Å². The number of ether oxygens (including phenoxy) is 1. The number of carbonyl (C=O) groups is 2. The topological polar surface area (TPSA) is 91.4 Å². The average Bonchev–Trinajstić information content (AvgIpc) is 3.20. The predicted octanol–water partition coefficient (Wildman–Crippen LogP) is 0.730. The molecular formula is C17H21N5O3. The Morgan fingerprint density at radius 2 is 1.88 bits per heavy atom. The van der Waals surface area contributed by atoms with Crippen LogP contribution in [-0.2, 0) is 11.2 Å². The van der Waals surface area contributed by atoms with Crippen LogP contribution in [0.15, 0.2) is 30.6 Å². The third kappa shape index (κ3) is 3.96. The van der Waals surface area contributed by atoms with Gasteiger partial charge in [0.15, 0.2) is 0 Å². The van der Waals surface area contributed by atoms with Crippen LogP contribution in [0, 0.1) is 0 Å². The van der Waals surface area contributed by atoms with E-state index in [0.717, 1.165) is 11.3 Å². The minimum absolute atomic E-state index is 0.0951. The van der Waals surface area contributed by atoms with Crippen LogP contribution in [0.2, 0.25) is 0 Å². The highest BCUT2D eigenvalue weighted by atomic mass is 16.5. The molecule has 1 aromatic carbocycles. The van der Waals surface area contributed by atoms with Crippen molar-refractivity contribution in [2.45, 2.75) is 12.8 Å². The van der Waals surface area contributed by atoms with Crippen molar-refractivity contribution < 1.29 is 14.3 Å². The number of piperazine rings is 1. The molecule has 0 aliphatic carbocycles. The molecule has 0 atom stereocenters. The van der Waals surface area contributed by atoms with Gasteiger partial charge < -0.3 is 14.5 Å². The van der Waals surface area contributed by atoms with Gasteiger partial charge in [-0.3, -0.25) is 14.7 Å². The molecule has 132 valence electrons. The molecule has 0 saturated carbocycles. The Kier molecular flexibility index (Phi) is 5.27. The number of benzene rings is 1. The number of carbonyl (C=O) groups excluding carboxylic acids is 2. The molecule has 2 amide bonds. The van der Waals surface area contributed by atoms with E-state index in [0.29, 0.717) is 39.0 Å². The van der Waals surface area contributed by atoms with E-state index >= 15 is 0 Å². The zero-order valence-electron chi connectivity index (χ0n) is 14.1. The third-order valence-electron chi connectivity index (χ3n) is 4.34. The molecule has 1 aliphatic heterocycles. The van der Waals surface area contributed by atoms with E-state index in [1.165, 1.54) is 6.33 Å². The fourth-order valence-electron chi connectivity index (χ4n) is 2.93. The predicted molar refractivity (Wildman–Crippen MR) is 90.2 cm³/mol. The highest BCUT2D eigenvalue weighted by Gasteiger charge is 2.26. The quantitative estimate of drug-likeness (QED) is 0.864. The molecule has 8 nitrogen and oxygen atoms in total. The van der Waals surface area contributed by atoms with Crippen molar-refractivity contribution in [1.29, 1.82) is 0 Å². The minimum atomic E-state index is -0.182. The molecule has 3 rings (SSSR count). The second kappa shape index (κ2) is 7.78. The number of H-pyrrole nitrogens is 1. The number of para-hydroxylation sites is 1. The number of aromatic amines is 1. The van der Waals surface area contributed by atoms with Crippen LogP contribution in [0.5, 0.6) is 5.75 Å². The molecule has 25 heavy (non-hydrogen) atoms. The maximum atomic E-state index is 12.4. The van der Waals surface area contributed by atoms with Gasteiger partial charge >= 0.3 is 0 Å². The Morgan fingerprint density at radius 1 is 1.16 bits per heavy atom. The molecule has 2 heterocycles. The molecule has 8 heteroatoms. The maximum Gasteiger partial charge on any atom is 0.291 e. The Morgan fingerprint density at radius 3 is 2.56 bits per heavy atom. The molecule has 0 radical (unpaired) electrons. The van der Waals surface area contributed by atoms with Crippen molar-refractivity contribution in [2.75, 3.05) is 33.3 Å². The molecule has 1 N–H and O–H groups in total. The number of aromatic nitrogens is 3. The molecule has 0 bridgehead atoms. The van der Waals surface area contributed by atoms with Gasteiger partial charge in [-0.15, -0.1) is 0 Å². The number of hydrogen-bond donors (Lipinski definition) is 1. The van der Waals surface area contributed by atoms with Crippen molar-refractivity contribution >= 4 is 11.8 Å². The number of hydrogen-bond acceptors (Lipinski definition) is 5. The summed E-state index contributed by atoms with van der Waals surface area (Å²) < 4.78 is 5.32. The molecule has 1 aromatic heterocycles. The van der Waals surface area contributed by atoms with E-state index in [9.17, 15) is 9.59 Å². The first-order chi connectivity index (χ1) is 12.2. The number of aryl methyl sites for hydroxylation is 1. The average molecular weight is 343 g/mol. The van der Waals surface area contributed by atoms with E-state index in [1.54, 1.807) is 16.9 Å². The summed E-state index contributed by atoms with van der Waals surface area (Å²) in [7, 11) is 1.63. The SMILES string of the molecule is COc1ccccc1CCC(=O)N1CCN(C(=O)c2ncn[nH]2)CC1. The summed E-state index contributed by atoms with van der Waals surface area (Å²) in [6, 6.07) is 7.72. The van der Waals surface area contributed by atoms with Gasteiger partial charge in [0, 0.05) is 32.6 Å². The first-order valence-electron chi connectivity index (χ1n) is 8.23. The molecule has 1 saturated heterocycles. The molecule has 1 fully saturated rings. The Balaban J connectivity index is 1.49. The van der Waals surface area contributed by atoms with Gasteiger partial charge in [-0.2, -0.15) is 5.10 Å². The summed E-state index contributed by atoms with van der Waals surface area (Å²) in [6.07, 6.45) is 2.38. The molecule has 1 aliphatic rings. The maximum absolute atomic E-state index is 12.4. The Bertz CT molecular complexity index is 724. The number of methoxy groups -OCH3 is 1. The number of amides is 2. The lowest BCUT2D eigenvalue weighted by molar-refractivity contribution is -0.132. The van der Waals surface area contributed by atoms with Crippen molar-refractivity contribution in [3.63, 3.8) is 0 Å². The number of nitrogens with zero attached hydrogens (tertiary/aromatic N) is 4. The van der Waals surface area contributed by atoms with Crippen molar-refractivity contribution in [1.82, 2.24) is 25.0 Å². The minimum Gasteiger partial charge on any atom is -0.496 e. The van der Waals surface area contributed by atoms with E-state index in [2.05, 4.69) is 15.2 Å². The second-order valence-corrected chi connectivity index (χ2v) is 5.82. The van der Waals surface area contributed by atoms with Gasteiger partial charge in [0.05, 0.1) is 7.11 Å². The first kappa shape index (κ1) is 16.9. The van der Waals surface area contributed by atoms with Crippen molar-refractivity contribution in [2.24, 2.45) is 0 Å². The highest BCUT2D eigenvalue weighted by Crippen LogP contribution is 2.19. The highest BCUT2D eigenvalue weighted by molar-refractivity contribution is 5.90. The van der Waals surface area contributed by atoms with E-state index in [-0.39, 0.29) is 17.6 Å². The van der Waals surface area contributed by atoms with Crippen LogP contribution < -0.4 is 4.74 Å². The monoisotopic (exact) mass is 343 g/mol. The molecule has 0 spiro atoms. The largest absolute Gasteiger partial charge is 0.496 e. The van der Waals surface area contributed by atoms with Gasteiger partial charge in [-0.25, -0.2) is 4.98 Å². The molecule has 2 aromatic rings. The van der Waals surface area contributed by atoms with Gasteiger partial charge in [-0.1, -0.05) is 18.2 Å². The van der Waals surface area contributed by atoms with Crippen molar-refractivity contribution in [3.8, 4) is 5.75 Å². The zero-order chi connectivity index (χ0) is 17.6. The summed E-state index contributed by atoms with van der Waals surface area (Å²) in [5.41, 5.74) is 1.03. The van der Waals surface area contributed by atoms with Crippen LogP contribution >= 0.6 is 0 Å².